The van der Waals surface area contributed by atoms with Gasteiger partial charge in [-0.3, -0.25) is 4.79 Å². The van der Waals surface area contributed by atoms with E-state index in [-0.39, 0.29) is 11.7 Å². The summed E-state index contributed by atoms with van der Waals surface area (Å²) in [5, 5.41) is 9.67. The Bertz CT molecular complexity index is 485. The lowest BCUT2D eigenvalue weighted by Gasteiger charge is -2.23. The Morgan fingerprint density at radius 2 is 2.05 bits per heavy atom. The van der Waals surface area contributed by atoms with Crippen molar-refractivity contribution in [3.63, 3.8) is 0 Å². The summed E-state index contributed by atoms with van der Waals surface area (Å²) in [5.41, 5.74) is 0.872. The van der Waals surface area contributed by atoms with Gasteiger partial charge in [0.2, 0.25) is 0 Å². The summed E-state index contributed by atoms with van der Waals surface area (Å²) in [6.45, 7) is 6.11. The van der Waals surface area contributed by atoms with E-state index >= 15 is 0 Å². The number of amides is 1. The van der Waals surface area contributed by atoms with Crippen LogP contribution in [0.2, 0.25) is 0 Å². The number of halogens is 1. The van der Waals surface area contributed by atoms with E-state index in [1.807, 2.05) is 4.90 Å². The Kier molecular flexibility index (Phi) is 4.19. The first-order valence-electron chi connectivity index (χ1n) is 6.67. The maximum absolute atomic E-state index is 12.4. The van der Waals surface area contributed by atoms with Gasteiger partial charge in [0.15, 0.2) is 0 Å². The third-order valence-corrected chi connectivity index (χ3v) is 4.49. The molecule has 1 heterocycles. The fourth-order valence-electron chi connectivity index (χ4n) is 2.45. The largest absolute Gasteiger partial charge is 0.507 e. The van der Waals surface area contributed by atoms with Crippen molar-refractivity contribution < 1.29 is 9.90 Å². The quantitative estimate of drug-likeness (QED) is 0.853. The van der Waals surface area contributed by atoms with E-state index in [0.29, 0.717) is 15.5 Å². The smallest absolute Gasteiger partial charge is 0.253 e. The molecule has 0 radical (unpaired) electrons. The number of phenolic OH excluding ortho intramolecular Hbond substituents is 1. The molecular formula is C15H20BrNO2. The molecule has 1 aromatic rings. The summed E-state index contributed by atoms with van der Waals surface area (Å²) in [6.07, 6.45) is 3.23. The number of benzene rings is 1. The van der Waals surface area contributed by atoms with Crippen LogP contribution in [0.25, 0.3) is 0 Å². The molecule has 1 aliphatic heterocycles. The van der Waals surface area contributed by atoms with E-state index < -0.39 is 0 Å². The molecular weight excluding hydrogens is 306 g/mol. The maximum atomic E-state index is 12.4. The number of carbonyl (C=O) groups is 1. The van der Waals surface area contributed by atoms with E-state index in [1.54, 1.807) is 12.1 Å². The van der Waals surface area contributed by atoms with Gasteiger partial charge in [0, 0.05) is 18.7 Å². The van der Waals surface area contributed by atoms with Crippen LogP contribution in [0, 0.1) is 5.41 Å². The third kappa shape index (κ3) is 3.50. The normalized spacial score (nSPS) is 19.0. The molecule has 1 saturated heterocycles. The van der Waals surface area contributed by atoms with Crippen LogP contribution in [0.4, 0.5) is 0 Å². The highest BCUT2D eigenvalue weighted by atomic mass is 79.9. The van der Waals surface area contributed by atoms with Crippen LogP contribution >= 0.6 is 15.9 Å². The van der Waals surface area contributed by atoms with Crippen LogP contribution in [0.1, 0.15) is 43.5 Å². The van der Waals surface area contributed by atoms with Crippen LogP contribution in [0.15, 0.2) is 22.7 Å². The van der Waals surface area contributed by atoms with Gasteiger partial charge in [-0.15, -0.1) is 0 Å². The van der Waals surface area contributed by atoms with Gasteiger partial charge in [-0.2, -0.15) is 0 Å². The first kappa shape index (κ1) is 14.4. The first-order valence-corrected chi connectivity index (χ1v) is 7.46. The molecule has 104 valence electrons. The monoisotopic (exact) mass is 325 g/mol. The SMILES string of the molecule is CC1(C)CCCN(C(=O)c2ccc(Br)c(O)c2)CC1. The molecule has 1 aromatic carbocycles. The molecule has 2 rings (SSSR count). The fraction of sp³-hybridized carbons (Fsp3) is 0.533. The van der Waals surface area contributed by atoms with Crippen molar-refractivity contribution in [2.24, 2.45) is 5.41 Å². The molecule has 4 heteroatoms. The first-order chi connectivity index (χ1) is 8.89. The number of nitrogens with zero attached hydrogens (tertiary/aromatic N) is 1. The Labute approximate surface area is 122 Å². The highest BCUT2D eigenvalue weighted by Crippen LogP contribution is 2.31. The molecule has 1 N–H and O–H groups in total. The van der Waals surface area contributed by atoms with E-state index in [9.17, 15) is 9.90 Å². The van der Waals surface area contributed by atoms with Gasteiger partial charge in [-0.25, -0.2) is 0 Å². The highest BCUT2D eigenvalue weighted by molar-refractivity contribution is 9.10. The Morgan fingerprint density at radius 1 is 1.32 bits per heavy atom. The van der Waals surface area contributed by atoms with Crippen molar-refractivity contribution in [1.82, 2.24) is 4.90 Å². The maximum Gasteiger partial charge on any atom is 0.253 e. The number of carbonyl (C=O) groups excluding carboxylic acids is 1. The molecule has 0 saturated carbocycles. The lowest BCUT2D eigenvalue weighted by atomic mass is 9.85. The standard InChI is InChI=1S/C15H20BrNO2/c1-15(2)6-3-8-17(9-7-15)14(19)11-4-5-12(16)13(18)10-11/h4-5,10,18H,3,6-9H2,1-2H3. The van der Waals surface area contributed by atoms with E-state index in [4.69, 9.17) is 0 Å². The average Bonchev–Trinajstić information content (AvgIpc) is 2.53. The number of rotatable bonds is 1. The molecule has 0 atom stereocenters. The summed E-state index contributed by atoms with van der Waals surface area (Å²) < 4.78 is 0.612. The number of aromatic hydroxyl groups is 1. The zero-order valence-electron chi connectivity index (χ0n) is 11.4. The minimum atomic E-state index is 0.0144. The van der Waals surface area contributed by atoms with E-state index in [1.165, 1.54) is 6.07 Å². The second-order valence-electron chi connectivity index (χ2n) is 5.98. The number of hydrogen-bond donors (Lipinski definition) is 1. The van der Waals surface area contributed by atoms with Gasteiger partial charge in [0.25, 0.3) is 5.91 Å². The zero-order chi connectivity index (χ0) is 14.0. The highest BCUT2D eigenvalue weighted by Gasteiger charge is 2.26. The number of phenols is 1. The number of likely N-dealkylation sites (tertiary alicyclic amines) is 1. The molecule has 0 aromatic heterocycles. The minimum absolute atomic E-state index is 0.0144. The molecule has 1 aliphatic rings. The molecule has 0 aliphatic carbocycles. The van der Waals surface area contributed by atoms with Crippen molar-refractivity contribution in [2.45, 2.75) is 33.1 Å². The van der Waals surface area contributed by atoms with Gasteiger partial charge < -0.3 is 10.0 Å². The fourth-order valence-corrected chi connectivity index (χ4v) is 2.70. The van der Waals surface area contributed by atoms with Crippen molar-refractivity contribution in [1.29, 1.82) is 0 Å². The molecule has 0 unspecified atom stereocenters. The predicted octanol–water partition coefficient (Wildman–Crippen LogP) is 3.81. The van der Waals surface area contributed by atoms with Crippen LogP contribution in [-0.2, 0) is 0 Å². The average molecular weight is 326 g/mol. The van der Waals surface area contributed by atoms with Crippen LogP contribution in [0.5, 0.6) is 5.75 Å². The summed E-state index contributed by atoms with van der Waals surface area (Å²) >= 11 is 3.23. The van der Waals surface area contributed by atoms with Gasteiger partial charge in [-0.1, -0.05) is 13.8 Å². The van der Waals surface area contributed by atoms with Crippen molar-refractivity contribution in [3.8, 4) is 5.75 Å². The minimum Gasteiger partial charge on any atom is -0.507 e. The Hall–Kier alpha value is -1.03. The second-order valence-corrected chi connectivity index (χ2v) is 6.83. The summed E-state index contributed by atoms with van der Waals surface area (Å²) in [5.74, 6) is 0.126. The summed E-state index contributed by atoms with van der Waals surface area (Å²) in [6, 6.07) is 4.99. The molecule has 0 spiro atoms. The van der Waals surface area contributed by atoms with Crippen molar-refractivity contribution >= 4 is 21.8 Å². The Balaban J connectivity index is 2.13. The topological polar surface area (TPSA) is 40.5 Å². The van der Waals surface area contributed by atoms with Gasteiger partial charge in [0.1, 0.15) is 5.75 Å². The summed E-state index contributed by atoms with van der Waals surface area (Å²) in [7, 11) is 0. The van der Waals surface area contributed by atoms with E-state index in [0.717, 1.165) is 32.4 Å². The predicted molar refractivity (Wildman–Crippen MR) is 79.3 cm³/mol. The third-order valence-electron chi connectivity index (χ3n) is 3.82. The number of hydrogen-bond acceptors (Lipinski definition) is 2. The molecule has 1 amide bonds. The second kappa shape index (κ2) is 5.53. The van der Waals surface area contributed by atoms with Crippen LogP contribution in [-0.4, -0.2) is 29.0 Å². The van der Waals surface area contributed by atoms with Gasteiger partial charge in [0.05, 0.1) is 4.47 Å². The zero-order valence-corrected chi connectivity index (χ0v) is 13.0. The molecule has 0 bridgehead atoms. The lowest BCUT2D eigenvalue weighted by molar-refractivity contribution is 0.0757. The van der Waals surface area contributed by atoms with E-state index in [2.05, 4.69) is 29.8 Å². The molecule has 19 heavy (non-hydrogen) atoms. The van der Waals surface area contributed by atoms with Gasteiger partial charge in [-0.05, 0) is 58.8 Å². The molecule has 3 nitrogen and oxygen atoms in total. The van der Waals surface area contributed by atoms with Gasteiger partial charge >= 0.3 is 0 Å². The van der Waals surface area contributed by atoms with Crippen molar-refractivity contribution in [2.75, 3.05) is 13.1 Å². The molecule has 1 fully saturated rings. The van der Waals surface area contributed by atoms with Crippen LogP contribution in [0.3, 0.4) is 0 Å². The Morgan fingerprint density at radius 3 is 2.74 bits per heavy atom. The van der Waals surface area contributed by atoms with Crippen LogP contribution < -0.4 is 0 Å². The summed E-state index contributed by atoms with van der Waals surface area (Å²) in [4.78, 5) is 14.3. The lowest BCUT2D eigenvalue weighted by Crippen LogP contribution is -2.32. The van der Waals surface area contributed by atoms with Crippen molar-refractivity contribution in [3.05, 3.63) is 28.2 Å².